The fraction of sp³-hybridized carbons (Fsp3) is 0.0714. The van der Waals surface area contributed by atoms with Gasteiger partial charge in [0.05, 0.1) is 22.0 Å². The molecule has 0 unspecified atom stereocenters. The standard InChI is InChI=1S/C14H11Cl2N3O2/c15-11-4-3-9(6-12(11)16)7-13(20)18-19-14(21)10-2-1-5-17-8-10/h1-6,8H,7H2,(H,18,20)(H,19,21). The minimum Gasteiger partial charge on any atom is -0.273 e. The van der Waals surface area contributed by atoms with Crippen LogP contribution in [-0.4, -0.2) is 16.8 Å². The molecule has 1 aromatic heterocycles. The van der Waals surface area contributed by atoms with Gasteiger partial charge >= 0.3 is 0 Å². The van der Waals surface area contributed by atoms with Crippen molar-refractivity contribution in [3.63, 3.8) is 0 Å². The van der Waals surface area contributed by atoms with Crippen LogP contribution in [0.25, 0.3) is 0 Å². The second-order valence-corrected chi connectivity index (χ2v) is 4.98. The number of carbonyl (C=O) groups excluding carboxylic acids is 2. The highest BCUT2D eigenvalue weighted by Gasteiger charge is 2.08. The molecule has 5 nitrogen and oxygen atoms in total. The number of benzene rings is 1. The van der Waals surface area contributed by atoms with Gasteiger partial charge in [0.25, 0.3) is 5.91 Å². The number of hydrogen-bond donors (Lipinski definition) is 2. The first-order chi connectivity index (χ1) is 10.1. The number of halogens is 2. The maximum atomic E-state index is 11.7. The van der Waals surface area contributed by atoms with Crippen LogP contribution < -0.4 is 10.9 Å². The van der Waals surface area contributed by atoms with E-state index in [0.717, 1.165) is 0 Å². The molecule has 0 spiro atoms. The molecule has 7 heteroatoms. The molecule has 108 valence electrons. The van der Waals surface area contributed by atoms with Crippen molar-refractivity contribution in [1.82, 2.24) is 15.8 Å². The summed E-state index contributed by atoms with van der Waals surface area (Å²) in [5.74, 6) is -0.809. The predicted molar refractivity (Wildman–Crippen MR) is 80.0 cm³/mol. The smallest absolute Gasteiger partial charge is 0.271 e. The normalized spacial score (nSPS) is 10.0. The van der Waals surface area contributed by atoms with Gasteiger partial charge in [0.1, 0.15) is 0 Å². The lowest BCUT2D eigenvalue weighted by Gasteiger charge is -2.07. The molecule has 0 fully saturated rings. The van der Waals surface area contributed by atoms with Gasteiger partial charge in [-0.1, -0.05) is 29.3 Å². The second kappa shape index (κ2) is 7.06. The fourth-order valence-electron chi connectivity index (χ4n) is 1.57. The van der Waals surface area contributed by atoms with Crippen LogP contribution in [0.4, 0.5) is 0 Å². The van der Waals surface area contributed by atoms with Gasteiger partial charge < -0.3 is 0 Å². The third kappa shape index (κ3) is 4.44. The summed E-state index contributed by atoms with van der Waals surface area (Å²) in [5, 5.41) is 0.798. The summed E-state index contributed by atoms with van der Waals surface area (Å²) in [5.41, 5.74) is 5.67. The zero-order chi connectivity index (χ0) is 15.2. The van der Waals surface area contributed by atoms with Crippen LogP contribution >= 0.6 is 23.2 Å². The molecule has 1 aromatic carbocycles. The van der Waals surface area contributed by atoms with Crippen molar-refractivity contribution >= 4 is 35.0 Å². The first-order valence-electron chi connectivity index (χ1n) is 5.99. The number of aromatic nitrogens is 1. The first kappa shape index (κ1) is 15.3. The molecule has 0 aliphatic rings. The van der Waals surface area contributed by atoms with Crippen molar-refractivity contribution in [2.24, 2.45) is 0 Å². The summed E-state index contributed by atoms with van der Waals surface area (Å²) in [6.45, 7) is 0. The van der Waals surface area contributed by atoms with E-state index in [-0.39, 0.29) is 12.3 Å². The molecule has 0 aliphatic carbocycles. The molecule has 0 saturated heterocycles. The van der Waals surface area contributed by atoms with Gasteiger partial charge in [0.2, 0.25) is 5.91 Å². The van der Waals surface area contributed by atoms with Crippen LogP contribution in [0.1, 0.15) is 15.9 Å². The lowest BCUT2D eigenvalue weighted by Crippen LogP contribution is -2.42. The monoisotopic (exact) mass is 323 g/mol. The molecule has 0 aliphatic heterocycles. The summed E-state index contributed by atoms with van der Waals surface area (Å²) >= 11 is 11.7. The third-order valence-electron chi connectivity index (χ3n) is 2.59. The lowest BCUT2D eigenvalue weighted by molar-refractivity contribution is -0.121. The molecule has 2 amide bonds. The minimum atomic E-state index is -0.439. The van der Waals surface area contributed by atoms with Gasteiger partial charge in [0, 0.05) is 12.4 Å². The Morgan fingerprint density at radius 1 is 1.10 bits per heavy atom. The van der Waals surface area contributed by atoms with E-state index in [4.69, 9.17) is 23.2 Å². The third-order valence-corrected chi connectivity index (χ3v) is 3.33. The molecule has 0 radical (unpaired) electrons. The van der Waals surface area contributed by atoms with Crippen LogP contribution in [0.5, 0.6) is 0 Å². The second-order valence-electron chi connectivity index (χ2n) is 4.17. The minimum absolute atomic E-state index is 0.0736. The Balaban J connectivity index is 1.87. The Morgan fingerprint density at radius 3 is 2.57 bits per heavy atom. The molecule has 1 heterocycles. The largest absolute Gasteiger partial charge is 0.273 e. The van der Waals surface area contributed by atoms with E-state index in [1.54, 1.807) is 36.5 Å². The zero-order valence-electron chi connectivity index (χ0n) is 10.8. The highest BCUT2D eigenvalue weighted by Crippen LogP contribution is 2.22. The molecule has 21 heavy (non-hydrogen) atoms. The van der Waals surface area contributed by atoms with E-state index in [0.29, 0.717) is 21.2 Å². The summed E-state index contributed by atoms with van der Waals surface area (Å²) in [6, 6.07) is 8.13. The van der Waals surface area contributed by atoms with Gasteiger partial charge in [-0.25, -0.2) is 0 Å². The van der Waals surface area contributed by atoms with Gasteiger partial charge in [-0.3, -0.25) is 25.4 Å². The number of nitrogens with one attached hydrogen (secondary N) is 2. The van der Waals surface area contributed by atoms with Crippen molar-refractivity contribution in [2.45, 2.75) is 6.42 Å². The number of nitrogens with zero attached hydrogens (tertiary/aromatic N) is 1. The SMILES string of the molecule is O=C(Cc1ccc(Cl)c(Cl)c1)NNC(=O)c1cccnc1. The van der Waals surface area contributed by atoms with Crippen molar-refractivity contribution in [2.75, 3.05) is 0 Å². The van der Waals surface area contributed by atoms with Gasteiger partial charge in [0.15, 0.2) is 0 Å². The Labute approximate surface area is 131 Å². The van der Waals surface area contributed by atoms with E-state index in [1.165, 1.54) is 6.20 Å². The van der Waals surface area contributed by atoms with Crippen LogP contribution in [0.15, 0.2) is 42.7 Å². The molecule has 2 N–H and O–H groups in total. The van der Waals surface area contributed by atoms with Crippen LogP contribution in [0.2, 0.25) is 10.0 Å². The molecular formula is C14H11Cl2N3O2. The topological polar surface area (TPSA) is 71.1 Å². The molecule has 0 bridgehead atoms. The number of amides is 2. The lowest BCUT2D eigenvalue weighted by atomic mass is 10.1. The molecule has 0 saturated carbocycles. The van der Waals surface area contributed by atoms with Crippen molar-refractivity contribution < 1.29 is 9.59 Å². The quantitative estimate of drug-likeness (QED) is 0.852. The predicted octanol–water partition coefficient (Wildman–Crippen LogP) is 2.39. The summed E-state index contributed by atoms with van der Waals surface area (Å²) in [4.78, 5) is 27.2. The van der Waals surface area contributed by atoms with E-state index < -0.39 is 5.91 Å². The Bertz CT molecular complexity index is 663. The van der Waals surface area contributed by atoms with E-state index in [9.17, 15) is 9.59 Å². The van der Waals surface area contributed by atoms with Crippen LogP contribution in [0.3, 0.4) is 0 Å². The molecule has 0 atom stereocenters. The highest BCUT2D eigenvalue weighted by atomic mass is 35.5. The number of carbonyl (C=O) groups is 2. The van der Waals surface area contributed by atoms with Crippen LogP contribution in [-0.2, 0) is 11.2 Å². The number of hydrazine groups is 1. The Morgan fingerprint density at radius 2 is 1.90 bits per heavy atom. The fourth-order valence-corrected chi connectivity index (χ4v) is 1.90. The average molecular weight is 324 g/mol. The van der Waals surface area contributed by atoms with Gasteiger partial charge in [-0.05, 0) is 29.8 Å². The zero-order valence-corrected chi connectivity index (χ0v) is 12.3. The van der Waals surface area contributed by atoms with Gasteiger partial charge in [-0.2, -0.15) is 0 Å². The molecule has 2 aromatic rings. The van der Waals surface area contributed by atoms with E-state index >= 15 is 0 Å². The highest BCUT2D eigenvalue weighted by molar-refractivity contribution is 6.42. The molecular weight excluding hydrogens is 313 g/mol. The maximum absolute atomic E-state index is 11.7. The van der Waals surface area contributed by atoms with Crippen molar-refractivity contribution in [3.05, 3.63) is 63.9 Å². The summed E-state index contributed by atoms with van der Waals surface area (Å²) in [7, 11) is 0. The van der Waals surface area contributed by atoms with E-state index in [2.05, 4.69) is 15.8 Å². The maximum Gasteiger partial charge on any atom is 0.271 e. The average Bonchev–Trinajstić information content (AvgIpc) is 2.49. The number of pyridine rings is 1. The van der Waals surface area contributed by atoms with Crippen molar-refractivity contribution in [1.29, 1.82) is 0 Å². The summed E-state index contributed by atoms with van der Waals surface area (Å²) < 4.78 is 0. The van der Waals surface area contributed by atoms with Gasteiger partial charge in [-0.15, -0.1) is 0 Å². The molecule has 2 rings (SSSR count). The first-order valence-corrected chi connectivity index (χ1v) is 6.75. The Hall–Kier alpha value is -2.11. The summed E-state index contributed by atoms with van der Waals surface area (Å²) in [6.07, 6.45) is 3.03. The van der Waals surface area contributed by atoms with Crippen molar-refractivity contribution in [3.8, 4) is 0 Å². The number of rotatable bonds is 3. The van der Waals surface area contributed by atoms with Crippen LogP contribution in [0, 0.1) is 0 Å². The Kier molecular flexibility index (Phi) is 5.14. The van der Waals surface area contributed by atoms with E-state index in [1.807, 2.05) is 0 Å². The number of hydrogen-bond acceptors (Lipinski definition) is 3.